The van der Waals surface area contributed by atoms with E-state index >= 15 is 0 Å². The molecule has 144 valence electrons. The van der Waals surface area contributed by atoms with Crippen LogP contribution in [0.2, 0.25) is 0 Å². The van der Waals surface area contributed by atoms with Crippen LogP contribution in [0.15, 0.2) is 39.1 Å². The molecule has 2 N–H and O–H groups in total. The first kappa shape index (κ1) is 19.2. The summed E-state index contributed by atoms with van der Waals surface area (Å²) in [4.78, 5) is 16.9. The Morgan fingerprint density at radius 3 is 2.86 bits per heavy atom. The zero-order chi connectivity index (χ0) is 19.8. The average Bonchev–Trinajstić information content (AvgIpc) is 3.30. The number of carbonyl (C=O) groups excluding carboxylic acids is 1. The molecule has 1 atom stereocenters. The number of nitrogens with two attached hydrogens (primary N) is 1. The van der Waals surface area contributed by atoms with Crippen LogP contribution in [0.3, 0.4) is 0 Å². The van der Waals surface area contributed by atoms with E-state index in [1.807, 2.05) is 19.1 Å². The molecule has 2 aromatic rings. The van der Waals surface area contributed by atoms with Gasteiger partial charge in [0.05, 0.1) is 17.6 Å². The maximum atomic E-state index is 13.0. The van der Waals surface area contributed by atoms with Crippen LogP contribution in [-0.2, 0) is 4.79 Å². The summed E-state index contributed by atoms with van der Waals surface area (Å²) < 4.78 is 0.851. The third-order valence-electron chi connectivity index (χ3n) is 4.81. The Bertz CT molecular complexity index is 1040. The minimum absolute atomic E-state index is 0.0928. The fourth-order valence-electron chi connectivity index (χ4n) is 3.67. The first-order valence-electron chi connectivity index (χ1n) is 9.03. The van der Waals surface area contributed by atoms with Crippen molar-refractivity contribution in [2.45, 2.75) is 43.4 Å². The second-order valence-corrected chi connectivity index (χ2v) is 10.3. The molecule has 1 unspecified atom stereocenters. The lowest BCUT2D eigenvalue weighted by Gasteiger charge is -2.37. The lowest BCUT2D eigenvalue weighted by atomic mass is 9.78. The largest absolute Gasteiger partial charge is 0.384 e. The van der Waals surface area contributed by atoms with Crippen LogP contribution < -0.4 is 10.6 Å². The Morgan fingerprint density at radius 1 is 1.36 bits per heavy atom. The third kappa shape index (κ3) is 3.15. The molecule has 3 heterocycles. The zero-order valence-corrected chi connectivity index (χ0v) is 18.0. The predicted octanol–water partition coefficient (Wildman–Crippen LogP) is 4.32. The van der Waals surface area contributed by atoms with Crippen LogP contribution in [0.4, 0.5) is 5.13 Å². The summed E-state index contributed by atoms with van der Waals surface area (Å²) in [7, 11) is 0. The van der Waals surface area contributed by atoms with Gasteiger partial charge in [-0.3, -0.25) is 9.69 Å². The molecule has 0 saturated carbocycles. The normalized spacial score (nSPS) is 19.8. The highest BCUT2D eigenvalue weighted by molar-refractivity contribution is 8.01. The van der Waals surface area contributed by atoms with Gasteiger partial charge in [-0.05, 0) is 37.7 Å². The second-order valence-electron chi connectivity index (χ2n) is 6.55. The number of thiophene rings is 1. The van der Waals surface area contributed by atoms with E-state index in [1.165, 1.54) is 11.3 Å². The van der Waals surface area contributed by atoms with Gasteiger partial charge < -0.3 is 5.73 Å². The molecule has 28 heavy (non-hydrogen) atoms. The van der Waals surface area contributed by atoms with E-state index in [0.29, 0.717) is 28.5 Å². The van der Waals surface area contributed by atoms with Gasteiger partial charge in [-0.15, -0.1) is 21.5 Å². The molecule has 0 radical (unpaired) electrons. The molecule has 0 amide bonds. The first-order chi connectivity index (χ1) is 13.5. The highest BCUT2D eigenvalue weighted by atomic mass is 32.2. The van der Waals surface area contributed by atoms with Crippen molar-refractivity contribution in [3.63, 3.8) is 0 Å². The molecule has 9 heteroatoms. The van der Waals surface area contributed by atoms with E-state index in [2.05, 4.69) is 23.2 Å². The highest BCUT2D eigenvalue weighted by Crippen LogP contribution is 2.48. The number of anilines is 1. The first-order valence-corrected chi connectivity index (χ1v) is 11.7. The van der Waals surface area contributed by atoms with Crippen molar-refractivity contribution in [2.75, 3.05) is 10.7 Å². The van der Waals surface area contributed by atoms with Crippen molar-refractivity contribution < 1.29 is 4.79 Å². The monoisotopic (exact) mass is 429 g/mol. The maximum absolute atomic E-state index is 13.0. The number of hydrogen-bond acceptors (Lipinski definition) is 9. The Morgan fingerprint density at radius 2 is 2.18 bits per heavy atom. The minimum Gasteiger partial charge on any atom is -0.384 e. The van der Waals surface area contributed by atoms with Crippen LogP contribution in [0.1, 0.15) is 41.9 Å². The number of ketones is 1. The van der Waals surface area contributed by atoms with Crippen molar-refractivity contribution in [1.29, 1.82) is 5.26 Å². The lowest BCUT2D eigenvalue weighted by molar-refractivity contribution is -0.116. The Labute approximate surface area is 175 Å². The average molecular weight is 430 g/mol. The summed E-state index contributed by atoms with van der Waals surface area (Å²) in [5.74, 6) is 0.960. The Hall–Kier alpha value is -2.15. The summed E-state index contributed by atoms with van der Waals surface area (Å²) in [5.41, 5.74) is 8.48. The van der Waals surface area contributed by atoms with Crippen LogP contribution >= 0.6 is 34.4 Å². The fourth-order valence-corrected chi connectivity index (χ4v) is 6.45. The number of aromatic nitrogens is 2. The highest BCUT2D eigenvalue weighted by Gasteiger charge is 2.41. The Balaban J connectivity index is 1.90. The molecule has 1 aliphatic carbocycles. The van der Waals surface area contributed by atoms with E-state index in [-0.39, 0.29) is 11.7 Å². The van der Waals surface area contributed by atoms with Crippen molar-refractivity contribution >= 4 is 45.4 Å². The van der Waals surface area contributed by atoms with Crippen LogP contribution in [0, 0.1) is 18.3 Å². The van der Waals surface area contributed by atoms with E-state index in [1.54, 1.807) is 28.0 Å². The standard InChI is InChI=1S/C19H19N5OS3/c1-3-26-19-23-22-18(28-19)24-12-5-4-6-13(25)16(12)15(11(9-20)17(24)21)14-8-7-10(2)27-14/h7-8,15H,3-6,21H2,1-2H3. The van der Waals surface area contributed by atoms with Gasteiger partial charge in [0.25, 0.3) is 0 Å². The number of rotatable bonds is 4. The molecule has 0 aromatic carbocycles. The number of nitriles is 1. The number of thioether (sulfide) groups is 1. The van der Waals surface area contributed by atoms with Crippen molar-refractivity contribution in [1.82, 2.24) is 10.2 Å². The smallest absolute Gasteiger partial charge is 0.219 e. The van der Waals surface area contributed by atoms with Crippen LogP contribution in [-0.4, -0.2) is 21.7 Å². The molecular weight excluding hydrogens is 410 g/mol. The van der Waals surface area contributed by atoms with Gasteiger partial charge in [0.2, 0.25) is 5.13 Å². The van der Waals surface area contributed by atoms with Gasteiger partial charge in [-0.25, -0.2) is 0 Å². The molecule has 0 spiro atoms. The SMILES string of the molecule is CCSc1nnc(N2C(N)=C(C#N)C(c3ccc(C)s3)C3=C2CCCC3=O)s1. The molecule has 4 rings (SSSR count). The summed E-state index contributed by atoms with van der Waals surface area (Å²) >= 11 is 4.66. The molecular formula is C19H19N5OS3. The number of allylic oxidation sites excluding steroid dienone is 3. The van der Waals surface area contributed by atoms with Gasteiger partial charge >= 0.3 is 0 Å². The van der Waals surface area contributed by atoms with Crippen LogP contribution in [0.5, 0.6) is 0 Å². The van der Waals surface area contributed by atoms with E-state index in [9.17, 15) is 10.1 Å². The van der Waals surface area contributed by atoms with Crippen molar-refractivity contribution in [2.24, 2.45) is 5.73 Å². The topological polar surface area (TPSA) is 95.9 Å². The van der Waals surface area contributed by atoms with Gasteiger partial charge in [-0.1, -0.05) is 30.0 Å². The summed E-state index contributed by atoms with van der Waals surface area (Å²) in [6.45, 7) is 4.08. The summed E-state index contributed by atoms with van der Waals surface area (Å²) in [6, 6.07) is 6.30. The van der Waals surface area contributed by atoms with Crippen molar-refractivity contribution in [3.05, 3.63) is 44.6 Å². The van der Waals surface area contributed by atoms with Crippen LogP contribution in [0.25, 0.3) is 0 Å². The molecule has 0 fully saturated rings. The third-order valence-corrected chi connectivity index (χ3v) is 7.80. The lowest BCUT2D eigenvalue weighted by Crippen LogP contribution is -2.38. The maximum Gasteiger partial charge on any atom is 0.219 e. The van der Waals surface area contributed by atoms with Gasteiger partial charge in [0.15, 0.2) is 10.1 Å². The molecule has 1 aliphatic heterocycles. The minimum atomic E-state index is -0.389. The number of carbonyl (C=O) groups is 1. The number of aryl methyl sites for hydroxylation is 1. The summed E-state index contributed by atoms with van der Waals surface area (Å²) in [5, 5.41) is 19.1. The summed E-state index contributed by atoms with van der Waals surface area (Å²) in [6.07, 6.45) is 2.01. The van der Waals surface area contributed by atoms with Gasteiger partial charge in [0, 0.05) is 27.4 Å². The molecule has 2 aliphatic rings. The molecule has 2 aromatic heterocycles. The zero-order valence-electron chi connectivity index (χ0n) is 15.6. The van der Waals surface area contributed by atoms with Gasteiger partial charge in [0.1, 0.15) is 5.82 Å². The van der Waals surface area contributed by atoms with E-state index in [0.717, 1.165) is 38.4 Å². The Kier molecular flexibility index (Phi) is 5.27. The fraction of sp³-hybridized carbons (Fsp3) is 0.368. The molecule has 0 bridgehead atoms. The molecule has 0 saturated heterocycles. The number of nitrogens with zero attached hydrogens (tertiary/aromatic N) is 4. The second kappa shape index (κ2) is 7.70. The van der Waals surface area contributed by atoms with E-state index < -0.39 is 0 Å². The predicted molar refractivity (Wildman–Crippen MR) is 113 cm³/mol. The van der Waals surface area contributed by atoms with Crippen molar-refractivity contribution in [3.8, 4) is 6.07 Å². The van der Waals surface area contributed by atoms with Gasteiger partial charge in [-0.2, -0.15) is 5.26 Å². The van der Waals surface area contributed by atoms with E-state index in [4.69, 9.17) is 5.73 Å². The molecule has 6 nitrogen and oxygen atoms in total. The quantitative estimate of drug-likeness (QED) is 0.723. The number of hydrogen-bond donors (Lipinski definition) is 1. The number of Topliss-reactive ketones (excluding diaryl/α,β-unsaturated/α-hetero) is 1.